The van der Waals surface area contributed by atoms with Crippen LogP contribution in [0.25, 0.3) is 6.08 Å². The van der Waals surface area contributed by atoms with E-state index in [1.807, 2.05) is 69.3 Å². The lowest BCUT2D eigenvalue weighted by Crippen LogP contribution is -2.40. The van der Waals surface area contributed by atoms with E-state index in [0.717, 1.165) is 14.9 Å². The maximum atomic E-state index is 13.9. The fourth-order valence-corrected chi connectivity index (χ4v) is 5.93. The number of halogens is 1. The van der Waals surface area contributed by atoms with E-state index >= 15 is 0 Å². The molecule has 0 amide bonds. The summed E-state index contributed by atoms with van der Waals surface area (Å²) >= 11 is 3.52. The van der Waals surface area contributed by atoms with Crippen molar-refractivity contribution in [2.75, 3.05) is 13.2 Å². The first-order valence-corrected chi connectivity index (χ1v) is 14.0. The number of carbonyl (C=O) groups is 1. The van der Waals surface area contributed by atoms with Crippen molar-refractivity contribution in [3.8, 4) is 11.5 Å². The summed E-state index contributed by atoms with van der Waals surface area (Å²) in [6.45, 7) is 10.1. The van der Waals surface area contributed by atoms with Crippen LogP contribution in [-0.4, -0.2) is 29.9 Å². The number of allylic oxidation sites excluding steroid dienone is 1. The second-order valence-electron chi connectivity index (χ2n) is 8.63. The molecule has 0 N–H and O–H groups in total. The minimum Gasteiger partial charge on any atom is -0.493 e. The van der Waals surface area contributed by atoms with Crippen LogP contribution in [0.15, 0.2) is 63.5 Å². The highest BCUT2D eigenvalue weighted by Gasteiger charge is 2.35. The lowest BCUT2D eigenvalue weighted by molar-refractivity contribution is -0.139. The third-order valence-corrected chi connectivity index (χ3v) is 7.47. The number of fused-ring (bicyclic) bond motifs is 1. The molecule has 3 aromatic rings. The van der Waals surface area contributed by atoms with Crippen LogP contribution < -0.4 is 24.4 Å². The van der Waals surface area contributed by atoms with Crippen LogP contribution in [0.4, 0.5) is 0 Å². The van der Waals surface area contributed by atoms with Gasteiger partial charge in [0.25, 0.3) is 5.56 Å². The molecule has 1 aromatic heterocycles. The fourth-order valence-electron chi connectivity index (χ4n) is 4.18. The van der Waals surface area contributed by atoms with Crippen LogP contribution in [0.5, 0.6) is 11.5 Å². The smallest absolute Gasteiger partial charge is 0.338 e. The molecule has 0 fully saturated rings. The van der Waals surface area contributed by atoms with Crippen molar-refractivity contribution in [1.29, 1.82) is 0 Å². The number of para-hydroxylation sites is 1. The molecule has 0 aliphatic carbocycles. The van der Waals surface area contributed by atoms with Crippen LogP contribution in [0, 0.1) is 3.57 Å². The Bertz CT molecular complexity index is 1540. The number of nitrogens with zero attached hydrogens (tertiary/aromatic N) is 2. The number of benzene rings is 2. The lowest BCUT2D eigenvalue weighted by atomic mass is 9.95. The molecule has 0 saturated heterocycles. The second kappa shape index (κ2) is 11.6. The average molecular weight is 633 g/mol. The molecule has 4 rings (SSSR count). The molecule has 2 heterocycles. The number of ether oxygens (including phenoxy) is 3. The number of hydrogen-bond acceptors (Lipinski definition) is 7. The predicted octanol–water partition coefficient (Wildman–Crippen LogP) is 4.59. The van der Waals surface area contributed by atoms with Crippen molar-refractivity contribution in [1.82, 2.24) is 4.57 Å². The van der Waals surface area contributed by atoms with E-state index in [9.17, 15) is 9.59 Å². The van der Waals surface area contributed by atoms with E-state index in [1.54, 1.807) is 18.4 Å². The minimum absolute atomic E-state index is 0.0877. The summed E-state index contributed by atoms with van der Waals surface area (Å²) in [7, 11) is 0. The summed E-state index contributed by atoms with van der Waals surface area (Å²) in [5, 5.41) is 0. The SMILES string of the molecule is CCOC(=O)C1=C(C)N=c2s/c(=C/c3ccc(OCC)c(I)c3)c(=O)n2[C@H]1c1ccccc1OC(C)C. The van der Waals surface area contributed by atoms with Gasteiger partial charge >= 0.3 is 5.97 Å². The zero-order valence-corrected chi connectivity index (χ0v) is 24.4. The summed E-state index contributed by atoms with van der Waals surface area (Å²) in [6.07, 6.45) is 1.76. The first-order chi connectivity index (χ1) is 17.7. The number of aromatic nitrogens is 1. The third-order valence-electron chi connectivity index (χ3n) is 5.65. The lowest BCUT2D eigenvalue weighted by Gasteiger charge is -2.26. The summed E-state index contributed by atoms with van der Waals surface area (Å²) in [5.41, 5.74) is 2.20. The van der Waals surface area contributed by atoms with Gasteiger partial charge < -0.3 is 14.2 Å². The third kappa shape index (κ3) is 5.67. The van der Waals surface area contributed by atoms with Crippen LogP contribution in [0.1, 0.15) is 51.8 Å². The monoisotopic (exact) mass is 632 g/mol. The quantitative estimate of drug-likeness (QED) is 0.268. The van der Waals surface area contributed by atoms with Crippen molar-refractivity contribution >= 4 is 46.0 Å². The van der Waals surface area contributed by atoms with Crippen LogP contribution in [0.3, 0.4) is 0 Å². The van der Waals surface area contributed by atoms with Gasteiger partial charge in [0, 0.05) is 5.56 Å². The maximum Gasteiger partial charge on any atom is 0.338 e. The Kier molecular flexibility index (Phi) is 8.53. The van der Waals surface area contributed by atoms with Gasteiger partial charge in [-0.3, -0.25) is 9.36 Å². The molecule has 7 nitrogen and oxygen atoms in total. The number of hydrogen-bond donors (Lipinski definition) is 0. The maximum absolute atomic E-state index is 13.9. The van der Waals surface area contributed by atoms with Gasteiger partial charge in [-0.25, -0.2) is 9.79 Å². The first-order valence-electron chi connectivity index (χ1n) is 12.1. The van der Waals surface area contributed by atoms with Gasteiger partial charge in [0.1, 0.15) is 17.5 Å². The van der Waals surface area contributed by atoms with Crippen molar-refractivity contribution in [2.24, 2.45) is 4.99 Å². The normalized spacial score (nSPS) is 15.4. The van der Waals surface area contributed by atoms with Crippen LogP contribution in [-0.2, 0) is 9.53 Å². The van der Waals surface area contributed by atoms with Gasteiger partial charge in [-0.05, 0) is 87.0 Å². The van der Waals surface area contributed by atoms with Gasteiger partial charge in [0.15, 0.2) is 4.80 Å². The Balaban J connectivity index is 1.93. The van der Waals surface area contributed by atoms with E-state index in [2.05, 4.69) is 27.6 Å². The molecule has 0 saturated carbocycles. The standard InChI is InChI=1S/C28H29IN2O5S/c1-6-34-22-13-12-18(14-20(22)29)15-23-26(32)31-25(19-10-8-9-11-21(19)36-16(3)4)24(27(33)35-7-2)17(5)30-28(31)37-23/h8-16,25H,6-7H2,1-5H3/b23-15+/t25-/m0/s1. The average Bonchev–Trinajstić information content (AvgIpc) is 3.14. The van der Waals surface area contributed by atoms with Gasteiger partial charge in [-0.1, -0.05) is 35.6 Å². The Morgan fingerprint density at radius 3 is 2.59 bits per heavy atom. The number of rotatable bonds is 8. The summed E-state index contributed by atoms with van der Waals surface area (Å²) in [5.74, 6) is 0.913. The van der Waals surface area contributed by atoms with E-state index < -0.39 is 12.0 Å². The predicted molar refractivity (Wildman–Crippen MR) is 153 cm³/mol. The van der Waals surface area contributed by atoms with Crippen LogP contribution >= 0.6 is 33.9 Å². The minimum atomic E-state index is -0.729. The molecular weight excluding hydrogens is 603 g/mol. The number of carbonyl (C=O) groups excluding carboxylic acids is 1. The topological polar surface area (TPSA) is 79.1 Å². The molecule has 0 radical (unpaired) electrons. The van der Waals surface area contributed by atoms with Crippen molar-refractivity contribution in [2.45, 2.75) is 46.8 Å². The molecule has 0 spiro atoms. The van der Waals surface area contributed by atoms with Crippen molar-refractivity contribution < 1.29 is 19.0 Å². The molecule has 37 heavy (non-hydrogen) atoms. The largest absolute Gasteiger partial charge is 0.493 e. The van der Waals surface area contributed by atoms with Gasteiger partial charge in [0.05, 0.1) is 38.7 Å². The number of thiazole rings is 1. The first kappa shape index (κ1) is 27.1. The highest BCUT2D eigenvalue weighted by molar-refractivity contribution is 14.1. The van der Waals surface area contributed by atoms with E-state index in [4.69, 9.17) is 14.2 Å². The Labute approximate surface area is 233 Å². The van der Waals surface area contributed by atoms with Gasteiger partial charge in [0.2, 0.25) is 0 Å². The van der Waals surface area contributed by atoms with Crippen LogP contribution in [0.2, 0.25) is 0 Å². The van der Waals surface area contributed by atoms with Crippen molar-refractivity contribution in [3.63, 3.8) is 0 Å². The summed E-state index contributed by atoms with van der Waals surface area (Å²) < 4.78 is 20.2. The van der Waals surface area contributed by atoms with Gasteiger partial charge in [-0.15, -0.1) is 0 Å². The highest BCUT2D eigenvalue weighted by Crippen LogP contribution is 2.36. The zero-order valence-electron chi connectivity index (χ0n) is 21.4. The van der Waals surface area contributed by atoms with Crippen molar-refractivity contribution in [3.05, 3.63) is 88.1 Å². The molecular formula is C28H29IN2O5S. The highest BCUT2D eigenvalue weighted by atomic mass is 127. The number of esters is 1. The Morgan fingerprint density at radius 2 is 1.92 bits per heavy atom. The van der Waals surface area contributed by atoms with E-state index in [0.29, 0.717) is 38.5 Å². The second-order valence-corrected chi connectivity index (χ2v) is 10.8. The molecule has 1 atom stereocenters. The Hall–Kier alpha value is -2.92. The molecule has 1 aliphatic rings. The molecule has 9 heteroatoms. The summed E-state index contributed by atoms with van der Waals surface area (Å²) in [6, 6.07) is 12.5. The van der Waals surface area contributed by atoms with E-state index in [-0.39, 0.29) is 18.3 Å². The molecule has 194 valence electrons. The molecule has 2 aromatic carbocycles. The molecule has 1 aliphatic heterocycles. The van der Waals surface area contributed by atoms with Gasteiger partial charge in [-0.2, -0.15) is 0 Å². The molecule has 0 unspecified atom stereocenters. The Morgan fingerprint density at radius 1 is 1.16 bits per heavy atom. The van der Waals surface area contributed by atoms with E-state index in [1.165, 1.54) is 11.3 Å². The summed E-state index contributed by atoms with van der Waals surface area (Å²) in [4.78, 5) is 32.2. The fraction of sp³-hybridized carbons (Fsp3) is 0.321. The zero-order chi connectivity index (χ0) is 26.7. The molecule has 0 bridgehead atoms.